The molecule has 2 aromatic carbocycles. The Kier molecular flexibility index (Phi) is 5.82. The maximum atomic E-state index is 12.4. The number of sulfonamides is 1. The van der Waals surface area contributed by atoms with Gasteiger partial charge in [-0.15, -0.1) is 0 Å². The number of nitrogens with one attached hydrogen (secondary N) is 1. The Balaban J connectivity index is 2.23. The highest BCUT2D eigenvalue weighted by molar-refractivity contribution is 7.92. The van der Waals surface area contributed by atoms with E-state index < -0.39 is 32.6 Å². The molecule has 0 saturated carbocycles. The van der Waals surface area contributed by atoms with E-state index in [1.54, 1.807) is 19.1 Å². The molecule has 2 aromatic rings. The molecule has 0 saturated heterocycles. The van der Waals surface area contributed by atoms with Crippen molar-refractivity contribution in [1.82, 2.24) is 0 Å². The van der Waals surface area contributed by atoms with Crippen LogP contribution in [0, 0.1) is 5.92 Å². The van der Waals surface area contributed by atoms with Crippen LogP contribution in [0.1, 0.15) is 12.5 Å². The molecule has 0 aliphatic rings. The van der Waals surface area contributed by atoms with Gasteiger partial charge in [0.15, 0.2) is 5.75 Å². The summed E-state index contributed by atoms with van der Waals surface area (Å²) >= 11 is 11.5. The maximum absolute atomic E-state index is 12.4. The summed E-state index contributed by atoms with van der Waals surface area (Å²) in [7, 11) is -4.10. The number of aromatic hydroxyl groups is 1. The van der Waals surface area contributed by atoms with E-state index in [0.29, 0.717) is 6.42 Å². The van der Waals surface area contributed by atoms with Gasteiger partial charge in [0.1, 0.15) is 4.90 Å². The van der Waals surface area contributed by atoms with E-state index in [-0.39, 0.29) is 15.7 Å². The molecule has 0 amide bonds. The first-order valence-electron chi connectivity index (χ1n) is 7.12. The van der Waals surface area contributed by atoms with Crippen LogP contribution in [0.15, 0.2) is 41.3 Å². The molecule has 0 aromatic heterocycles. The van der Waals surface area contributed by atoms with Gasteiger partial charge in [0.2, 0.25) is 0 Å². The van der Waals surface area contributed by atoms with Crippen LogP contribution in [0.25, 0.3) is 0 Å². The Morgan fingerprint density at radius 2 is 1.80 bits per heavy atom. The molecule has 2 rings (SSSR count). The number of carboxylic acids is 1. The molecule has 0 heterocycles. The largest absolute Gasteiger partial charge is 0.505 e. The van der Waals surface area contributed by atoms with Gasteiger partial charge in [-0.25, -0.2) is 8.42 Å². The molecule has 0 fully saturated rings. The number of carbonyl (C=O) groups is 1. The zero-order valence-electron chi connectivity index (χ0n) is 13.0. The fourth-order valence-corrected chi connectivity index (χ4v) is 3.92. The van der Waals surface area contributed by atoms with Crippen molar-refractivity contribution < 1.29 is 23.4 Å². The van der Waals surface area contributed by atoms with Crippen molar-refractivity contribution in [3.05, 3.63) is 52.0 Å². The van der Waals surface area contributed by atoms with Gasteiger partial charge in [-0.1, -0.05) is 42.3 Å². The van der Waals surface area contributed by atoms with Crippen LogP contribution in [-0.4, -0.2) is 24.6 Å². The molecular formula is C16H15Cl2NO5S. The molecule has 1 unspecified atom stereocenters. The number of rotatable bonds is 6. The second kappa shape index (κ2) is 7.51. The highest BCUT2D eigenvalue weighted by atomic mass is 35.5. The molecule has 3 N–H and O–H groups in total. The van der Waals surface area contributed by atoms with E-state index in [0.717, 1.165) is 11.6 Å². The van der Waals surface area contributed by atoms with Crippen LogP contribution in [0.4, 0.5) is 5.69 Å². The van der Waals surface area contributed by atoms with Crippen molar-refractivity contribution in [3.8, 4) is 5.75 Å². The Bertz CT molecular complexity index is 897. The first-order valence-corrected chi connectivity index (χ1v) is 9.36. The van der Waals surface area contributed by atoms with Gasteiger partial charge in [0, 0.05) is 10.7 Å². The van der Waals surface area contributed by atoms with Crippen molar-refractivity contribution in [2.24, 2.45) is 5.92 Å². The quantitative estimate of drug-likeness (QED) is 0.680. The predicted octanol–water partition coefficient (Wildman–Crippen LogP) is 3.76. The molecule has 9 heteroatoms. The van der Waals surface area contributed by atoms with Crippen LogP contribution in [-0.2, 0) is 21.2 Å². The minimum atomic E-state index is -4.10. The van der Waals surface area contributed by atoms with Gasteiger partial charge in [-0.05, 0) is 36.2 Å². The van der Waals surface area contributed by atoms with Crippen molar-refractivity contribution in [2.75, 3.05) is 4.72 Å². The number of phenols is 1. The second-order valence-electron chi connectivity index (χ2n) is 5.48. The van der Waals surface area contributed by atoms with Crippen molar-refractivity contribution in [3.63, 3.8) is 0 Å². The van der Waals surface area contributed by atoms with E-state index in [9.17, 15) is 18.3 Å². The highest BCUT2D eigenvalue weighted by Crippen LogP contribution is 2.35. The summed E-state index contributed by atoms with van der Waals surface area (Å²) in [5, 5.41) is 18.7. The van der Waals surface area contributed by atoms with Gasteiger partial charge >= 0.3 is 5.97 Å². The number of anilines is 1. The summed E-state index contributed by atoms with van der Waals surface area (Å²) in [4.78, 5) is 10.4. The number of benzene rings is 2. The summed E-state index contributed by atoms with van der Waals surface area (Å²) in [6, 6.07) is 8.59. The molecule has 25 heavy (non-hydrogen) atoms. The van der Waals surface area contributed by atoms with Crippen molar-refractivity contribution in [1.29, 1.82) is 0 Å². The number of hydrogen-bond acceptors (Lipinski definition) is 4. The van der Waals surface area contributed by atoms with Crippen LogP contribution in [0.5, 0.6) is 5.75 Å². The first kappa shape index (κ1) is 19.4. The van der Waals surface area contributed by atoms with Crippen LogP contribution < -0.4 is 4.72 Å². The monoisotopic (exact) mass is 403 g/mol. The lowest BCUT2D eigenvalue weighted by Crippen LogP contribution is -2.14. The topological polar surface area (TPSA) is 104 Å². The fourth-order valence-electron chi connectivity index (χ4n) is 2.11. The van der Waals surface area contributed by atoms with Gasteiger partial charge in [-0.2, -0.15) is 0 Å². The Hall–Kier alpha value is -1.96. The first-order chi connectivity index (χ1) is 11.6. The zero-order valence-corrected chi connectivity index (χ0v) is 15.4. The molecular weight excluding hydrogens is 389 g/mol. The third-order valence-corrected chi connectivity index (χ3v) is 5.35. The lowest BCUT2D eigenvalue weighted by atomic mass is 10.0. The maximum Gasteiger partial charge on any atom is 0.306 e. The molecule has 1 atom stereocenters. The summed E-state index contributed by atoms with van der Waals surface area (Å²) < 4.78 is 27.1. The number of carboxylic acid groups (broad SMARTS) is 1. The number of phenolic OH excluding ortho intramolecular Hbond substituents is 1. The van der Waals surface area contributed by atoms with E-state index >= 15 is 0 Å². The molecule has 0 aliphatic heterocycles. The van der Waals surface area contributed by atoms with Crippen LogP contribution in [0.2, 0.25) is 10.0 Å². The predicted molar refractivity (Wildman–Crippen MR) is 95.9 cm³/mol. The molecule has 0 bridgehead atoms. The summed E-state index contributed by atoms with van der Waals surface area (Å²) in [6.45, 7) is 1.59. The Labute approximate surface area is 155 Å². The third-order valence-electron chi connectivity index (χ3n) is 3.45. The third kappa shape index (κ3) is 4.78. The number of hydrogen-bond donors (Lipinski definition) is 3. The second-order valence-corrected chi connectivity index (χ2v) is 7.97. The minimum absolute atomic E-state index is 0.0705. The highest BCUT2D eigenvalue weighted by Gasteiger charge is 2.22. The van der Waals surface area contributed by atoms with Crippen molar-refractivity contribution >= 4 is 44.9 Å². The number of aliphatic carboxylic acids is 1. The van der Waals surface area contributed by atoms with E-state index in [1.807, 2.05) is 0 Å². The average Bonchev–Trinajstić information content (AvgIpc) is 2.52. The number of halogens is 2. The molecule has 0 aliphatic carbocycles. The zero-order chi connectivity index (χ0) is 18.8. The van der Waals surface area contributed by atoms with E-state index in [1.165, 1.54) is 18.2 Å². The molecule has 0 spiro atoms. The Morgan fingerprint density at radius 1 is 1.20 bits per heavy atom. The van der Waals surface area contributed by atoms with Gasteiger partial charge in [0.25, 0.3) is 10.0 Å². The average molecular weight is 404 g/mol. The van der Waals surface area contributed by atoms with Crippen LogP contribution in [0.3, 0.4) is 0 Å². The Morgan fingerprint density at radius 3 is 2.36 bits per heavy atom. The molecule has 6 nitrogen and oxygen atoms in total. The summed E-state index contributed by atoms with van der Waals surface area (Å²) in [6.07, 6.45) is 0.326. The van der Waals surface area contributed by atoms with Gasteiger partial charge < -0.3 is 10.2 Å². The fraction of sp³-hybridized carbons (Fsp3) is 0.188. The SMILES string of the molecule is CC(Cc1ccc(NS(=O)(=O)c2cc(Cl)cc(Cl)c2O)cc1)C(=O)O. The van der Waals surface area contributed by atoms with Gasteiger partial charge in [-0.3, -0.25) is 9.52 Å². The smallest absolute Gasteiger partial charge is 0.306 e. The molecule has 0 radical (unpaired) electrons. The normalized spacial score (nSPS) is 12.6. The lowest BCUT2D eigenvalue weighted by molar-refractivity contribution is -0.141. The van der Waals surface area contributed by atoms with Crippen molar-refractivity contribution in [2.45, 2.75) is 18.2 Å². The minimum Gasteiger partial charge on any atom is -0.505 e. The summed E-state index contributed by atoms with van der Waals surface area (Å²) in [5.41, 5.74) is 1.01. The molecule has 134 valence electrons. The summed E-state index contributed by atoms with van der Waals surface area (Å²) in [5.74, 6) is -2.04. The lowest BCUT2D eigenvalue weighted by Gasteiger charge is -2.12. The standard InChI is InChI=1S/C16H15Cl2NO5S/c1-9(16(21)22)6-10-2-4-12(5-3-10)19-25(23,24)14-8-11(17)7-13(18)15(14)20/h2-5,7-9,19-20H,6H2,1H3,(H,21,22). The van der Waals surface area contributed by atoms with Crippen LogP contribution >= 0.6 is 23.2 Å². The van der Waals surface area contributed by atoms with E-state index in [2.05, 4.69) is 4.72 Å². The van der Waals surface area contributed by atoms with Gasteiger partial charge in [0.05, 0.1) is 10.9 Å². The van der Waals surface area contributed by atoms with E-state index in [4.69, 9.17) is 28.3 Å².